The Kier molecular flexibility index (Phi) is 12.1. The number of likely N-dealkylation sites (N-methyl/N-ethyl adjacent to an activating group) is 1. The second-order valence-corrected chi connectivity index (χ2v) is 13.4. The maximum atomic E-state index is 14.6. The summed E-state index contributed by atoms with van der Waals surface area (Å²) in [4.78, 5) is 29.5. The molecule has 0 bridgehead atoms. The first kappa shape index (κ1) is 35.6. The van der Waals surface area contributed by atoms with Gasteiger partial charge in [-0.25, -0.2) is 8.42 Å². The van der Waals surface area contributed by atoms with Crippen molar-refractivity contribution in [2.75, 3.05) is 31.6 Å². The highest BCUT2D eigenvalue weighted by Gasteiger charge is 2.35. The average molecular weight is 699 g/mol. The molecule has 0 fully saturated rings. The van der Waals surface area contributed by atoms with Crippen LogP contribution in [0, 0.1) is 6.92 Å². The van der Waals surface area contributed by atoms with Gasteiger partial charge in [-0.3, -0.25) is 13.9 Å². The van der Waals surface area contributed by atoms with E-state index in [1.807, 2.05) is 37.3 Å². The minimum absolute atomic E-state index is 0.117. The van der Waals surface area contributed by atoms with E-state index < -0.39 is 34.4 Å². The number of methoxy groups -OCH3 is 2. The van der Waals surface area contributed by atoms with E-state index >= 15 is 0 Å². The number of nitrogens with zero attached hydrogens (tertiary/aromatic N) is 2. The number of halogens is 2. The van der Waals surface area contributed by atoms with E-state index in [4.69, 9.17) is 32.7 Å². The van der Waals surface area contributed by atoms with Crippen molar-refractivity contribution in [3.8, 4) is 11.5 Å². The van der Waals surface area contributed by atoms with Crippen molar-refractivity contribution < 1.29 is 27.5 Å². The molecule has 0 aliphatic carbocycles. The third-order valence-corrected chi connectivity index (χ3v) is 10.0. The summed E-state index contributed by atoms with van der Waals surface area (Å²) in [7, 11) is -1.51. The molecule has 0 spiro atoms. The Balaban J connectivity index is 1.85. The third-order valence-electron chi connectivity index (χ3n) is 7.56. The number of rotatable bonds is 14. The van der Waals surface area contributed by atoms with E-state index in [0.29, 0.717) is 27.9 Å². The zero-order valence-corrected chi connectivity index (χ0v) is 28.9. The van der Waals surface area contributed by atoms with Crippen LogP contribution < -0.4 is 19.1 Å². The molecule has 0 saturated carbocycles. The first-order valence-corrected chi connectivity index (χ1v) is 17.0. The van der Waals surface area contributed by atoms with Gasteiger partial charge in [0.2, 0.25) is 11.8 Å². The van der Waals surface area contributed by atoms with Gasteiger partial charge in [-0.2, -0.15) is 0 Å². The van der Waals surface area contributed by atoms with Crippen LogP contribution in [0.5, 0.6) is 11.5 Å². The molecule has 1 N–H and O–H groups in total. The first-order chi connectivity index (χ1) is 22.5. The number of aryl methyl sites for hydroxylation is 1. The lowest BCUT2D eigenvalue weighted by molar-refractivity contribution is -0.140. The molecular formula is C35H37Cl2N3O6S. The third kappa shape index (κ3) is 8.57. The van der Waals surface area contributed by atoms with Crippen LogP contribution in [0.3, 0.4) is 0 Å². The van der Waals surface area contributed by atoms with Crippen molar-refractivity contribution in [2.45, 2.75) is 37.8 Å². The molecule has 0 aromatic heterocycles. The summed E-state index contributed by atoms with van der Waals surface area (Å²) in [5.74, 6) is -0.494. The van der Waals surface area contributed by atoms with Crippen LogP contribution in [0.4, 0.5) is 5.69 Å². The summed E-state index contributed by atoms with van der Waals surface area (Å²) in [5.41, 5.74) is 2.39. The molecule has 47 heavy (non-hydrogen) atoms. The Morgan fingerprint density at radius 2 is 1.49 bits per heavy atom. The van der Waals surface area contributed by atoms with Crippen molar-refractivity contribution in [1.29, 1.82) is 0 Å². The highest BCUT2D eigenvalue weighted by Crippen LogP contribution is 2.33. The fourth-order valence-electron chi connectivity index (χ4n) is 5.04. The number of amides is 2. The number of nitrogens with one attached hydrogen (secondary N) is 1. The maximum absolute atomic E-state index is 14.6. The number of sulfonamides is 1. The normalized spacial score (nSPS) is 11.8. The molecule has 1 atom stereocenters. The second-order valence-electron chi connectivity index (χ2n) is 10.7. The van der Waals surface area contributed by atoms with Crippen LogP contribution in [0.15, 0.2) is 95.9 Å². The van der Waals surface area contributed by atoms with Gasteiger partial charge >= 0.3 is 0 Å². The van der Waals surface area contributed by atoms with Crippen molar-refractivity contribution in [3.63, 3.8) is 0 Å². The number of benzene rings is 4. The number of anilines is 1. The summed E-state index contributed by atoms with van der Waals surface area (Å²) in [6.07, 6.45) is 0.160. The fraction of sp³-hybridized carbons (Fsp3) is 0.257. The minimum atomic E-state index is -4.36. The van der Waals surface area contributed by atoms with E-state index in [1.54, 1.807) is 49.4 Å². The summed E-state index contributed by atoms with van der Waals surface area (Å²) < 4.78 is 40.4. The molecule has 4 aromatic rings. The number of carbonyl (C=O) groups excluding carboxylic acids is 2. The second kappa shape index (κ2) is 16.0. The molecule has 4 rings (SSSR count). The summed E-state index contributed by atoms with van der Waals surface area (Å²) in [6, 6.07) is 24.2. The molecule has 248 valence electrons. The van der Waals surface area contributed by atoms with Gasteiger partial charge in [-0.1, -0.05) is 77.3 Å². The average Bonchev–Trinajstić information content (AvgIpc) is 3.06. The van der Waals surface area contributed by atoms with Crippen LogP contribution in [0.1, 0.15) is 23.6 Å². The molecule has 9 nitrogen and oxygen atoms in total. The predicted octanol–water partition coefficient (Wildman–Crippen LogP) is 6.29. The quantitative estimate of drug-likeness (QED) is 0.166. The number of ether oxygens (including phenoxy) is 2. The standard InChI is InChI=1S/C35H37Cl2N3O6S/c1-5-38-35(42)31(20-25-10-7-6-8-11-25)39(22-28-29(36)12-9-13-30(28)37)34(41)23-40(26-16-14-24(2)15-17-26)47(43,44)27-18-19-32(45-3)33(21-27)46-4/h6-19,21,31H,5,20,22-23H2,1-4H3,(H,38,42). The Morgan fingerprint density at radius 1 is 0.851 bits per heavy atom. The van der Waals surface area contributed by atoms with E-state index in [-0.39, 0.29) is 29.3 Å². The summed E-state index contributed by atoms with van der Waals surface area (Å²) >= 11 is 13.1. The summed E-state index contributed by atoms with van der Waals surface area (Å²) in [6.45, 7) is 3.19. The van der Waals surface area contributed by atoms with Crippen LogP contribution in [0.25, 0.3) is 0 Å². The lowest BCUT2D eigenvalue weighted by atomic mass is 10.0. The van der Waals surface area contributed by atoms with Crippen molar-refractivity contribution in [1.82, 2.24) is 10.2 Å². The maximum Gasteiger partial charge on any atom is 0.264 e. The van der Waals surface area contributed by atoms with Crippen LogP contribution in [-0.2, 0) is 32.6 Å². The lowest BCUT2D eigenvalue weighted by Gasteiger charge is -2.34. The molecule has 4 aromatic carbocycles. The lowest BCUT2D eigenvalue weighted by Crippen LogP contribution is -2.53. The Labute approximate surface area is 286 Å². The minimum Gasteiger partial charge on any atom is -0.493 e. The van der Waals surface area contributed by atoms with Crippen molar-refractivity contribution >= 4 is 50.7 Å². The smallest absolute Gasteiger partial charge is 0.264 e. The van der Waals surface area contributed by atoms with Crippen LogP contribution >= 0.6 is 23.2 Å². The van der Waals surface area contributed by atoms with Crippen LogP contribution in [0.2, 0.25) is 10.0 Å². The Bertz CT molecular complexity index is 1780. The number of carbonyl (C=O) groups is 2. The Hall–Kier alpha value is -4.25. The highest BCUT2D eigenvalue weighted by molar-refractivity contribution is 7.92. The predicted molar refractivity (Wildman–Crippen MR) is 185 cm³/mol. The van der Waals surface area contributed by atoms with E-state index in [9.17, 15) is 18.0 Å². The monoisotopic (exact) mass is 697 g/mol. The topological polar surface area (TPSA) is 105 Å². The first-order valence-electron chi connectivity index (χ1n) is 14.9. The van der Waals surface area contributed by atoms with Crippen molar-refractivity contribution in [2.24, 2.45) is 0 Å². The van der Waals surface area contributed by atoms with Gasteiger partial charge in [0.25, 0.3) is 10.0 Å². The molecule has 0 radical (unpaired) electrons. The molecule has 0 saturated heterocycles. The van der Waals surface area contributed by atoms with Gasteiger partial charge in [0.15, 0.2) is 11.5 Å². The van der Waals surface area contributed by atoms with Gasteiger partial charge in [-0.15, -0.1) is 0 Å². The molecular weight excluding hydrogens is 661 g/mol. The molecule has 1 unspecified atom stereocenters. The summed E-state index contributed by atoms with van der Waals surface area (Å²) in [5, 5.41) is 3.44. The van der Waals surface area contributed by atoms with E-state index in [2.05, 4.69) is 5.32 Å². The fourth-order valence-corrected chi connectivity index (χ4v) is 6.99. The SMILES string of the molecule is CCNC(=O)C(Cc1ccccc1)N(Cc1c(Cl)cccc1Cl)C(=O)CN(c1ccc(C)cc1)S(=O)(=O)c1ccc(OC)c(OC)c1. The van der Waals surface area contributed by atoms with Gasteiger partial charge in [0.05, 0.1) is 24.8 Å². The van der Waals surface area contributed by atoms with Crippen LogP contribution in [-0.4, -0.2) is 58.5 Å². The zero-order chi connectivity index (χ0) is 34.1. The number of hydrogen-bond acceptors (Lipinski definition) is 6. The van der Waals surface area contributed by atoms with E-state index in [0.717, 1.165) is 15.4 Å². The van der Waals surface area contributed by atoms with Crippen molar-refractivity contribution in [3.05, 3.63) is 118 Å². The molecule has 2 amide bonds. The molecule has 0 aliphatic heterocycles. The van der Waals surface area contributed by atoms with Gasteiger partial charge in [-0.05, 0) is 55.8 Å². The zero-order valence-electron chi connectivity index (χ0n) is 26.6. The van der Waals surface area contributed by atoms with Gasteiger partial charge in [0, 0.05) is 41.2 Å². The molecule has 0 aliphatic rings. The Morgan fingerprint density at radius 3 is 2.09 bits per heavy atom. The van der Waals surface area contributed by atoms with Gasteiger partial charge in [0.1, 0.15) is 12.6 Å². The molecule has 12 heteroatoms. The number of hydrogen-bond donors (Lipinski definition) is 1. The van der Waals surface area contributed by atoms with E-state index in [1.165, 1.54) is 37.3 Å². The molecule has 0 heterocycles. The largest absolute Gasteiger partial charge is 0.493 e. The van der Waals surface area contributed by atoms with Gasteiger partial charge < -0.3 is 19.7 Å². The highest BCUT2D eigenvalue weighted by atomic mass is 35.5.